The van der Waals surface area contributed by atoms with Gasteiger partial charge in [-0.2, -0.15) is 0 Å². The highest BCUT2D eigenvalue weighted by Gasteiger charge is 2.34. The number of hydrogen-bond acceptors (Lipinski definition) is 5. The minimum absolute atomic E-state index is 0.00682. The number of aryl methyl sites for hydroxylation is 1. The second-order valence-electron chi connectivity index (χ2n) is 10.1. The van der Waals surface area contributed by atoms with Crippen LogP contribution >= 0.6 is 23.2 Å². The second-order valence-corrected chi connectivity index (χ2v) is 12.8. The van der Waals surface area contributed by atoms with Gasteiger partial charge in [0.25, 0.3) is 10.0 Å². The summed E-state index contributed by atoms with van der Waals surface area (Å²) in [6.07, 6.45) is 0.190. The summed E-state index contributed by atoms with van der Waals surface area (Å²) >= 11 is 12.9. The van der Waals surface area contributed by atoms with Crippen LogP contribution in [-0.4, -0.2) is 51.9 Å². The Kier molecular flexibility index (Phi) is 10.9. The van der Waals surface area contributed by atoms with Gasteiger partial charge in [-0.25, -0.2) is 8.42 Å². The molecule has 1 atom stereocenters. The predicted molar refractivity (Wildman–Crippen MR) is 174 cm³/mol. The van der Waals surface area contributed by atoms with Crippen LogP contribution in [0.5, 0.6) is 5.75 Å². The molecule has 0 unspecified atom stereocenters. The molecule has 0 bridgehead atoms. The highest BCUT2D eigenvalue weighted by molar-refractivity contribution is 7.92. The highest BCUT2D eigenvalue weighted by Crippen LogP contribution is 2.32. The van der Waals surface area contributed by atoms with E-state index in [4.69, 9.17) is 27.9 Å². The first-order chi connectivity index (χ1) is 21.0. The van der Waals surface area contributed by atoms with Gasteiger partial charge in [0.1, 0.15) is 18.3 Å². The summed E-state index contributed by atoms with van der Waals surface area (Å²) in [5.41, 5.74) is 2.45. The molecule has 0 saturated heterocycles. The lowest BCUT2D eigenvalue weighted by molar-refractivity contribution is -0.139. The van der Waals surface area contributed by atoms with Crippen molar-refractivity contribution >= 4 is 50.7 Å². The van der Waals surface area contributed by atoms with Crippen molar-refractivity contribution in [2.24, 2.45) is 0 Å². The number of rotatable bonds is 12. The van der Waals surface area contributed by atoms with Gasteiger partial charge in [-0.3, -0.25) is 13.9 Å². The summed E-state index contributed by atoms with van der Waals surface area (Å²) in [5, 5.41) is 3.24. The van der Waals surface area contributed by atoms with E-state index in [0.717, 1.165) is 15.4 Å². The van der Waals surface area contributed by atoms with Gasteiger partial charge < -0.3 is 15.0 Å². The molecule has 4 aromatic carbocycles. The van der Waals surface area contributed by atoms with Crippen LogP contribution in [0.2, 0.25) is 10.0 Å². The Morgan fingerprint density at radius 2 is 1.55 bits per heavy atom. The average Bonchev–Trinajstić information content (AvgIpc) is 3.02. The molecule has 0 radical (unpaired) electrons. The van der Waals surface area contributed by atoms with Crippen LogP contribution in [0.3, 0.4) is 0 Å². The first kappa shape index (κ1) is 32.9. The monoisotopic (exact) mass is 653 g/mol. The Morgan fingerprint density at radius 3 is 2.16 bits per heavy atom. The molecule has 0 fully saturated rings. The van der Waals surface area contributed by atoms with E-state index >= 15 is 0 Å². The van der Waals surface area contributed by atoms with Crippen molar-refractivity contribution in [3.05, 3.63) is 124 Å². The number of halogens is 2. The van der Waals surface area contributed by atoms with Crippen molar-refractivity contribution in [2.75, 3.05) is 25.0 Å². The van der Waals surface area contributed by atoms with Gasteiger partial charge >= 0.3 is 0 Å². The standard InChI is InChI=1S/C33H33Cl2N3O5S/c1-23-13-16-27(17-14-23)44(41,42)38(26-15-18-31(43-3)29(35)20-26)22-32(39)37(21-25-11-7-8-12-28(25)34)30(33(40)36-2)19-24-9-5-4-6-10-24/h4-18,20,30H,19,21-22H2,1-3H3,(H,36,40)/t30-/m0/s1. The molecule has 8 nitrogen and oxygen atoms in total. The molecule has 1 N–H and O–H groups in total. The quantitative estimate of drug-likeness (QED) is 0.206. The number of ether oxygens (including phenoxy) is 1. The molecule has 0 aliphatic heterocycles. The molecule has 230 valence electrons. The Bertz CT molecular complexity index is 1720. The topological polar surface area (TPSA) is 96.0 Å². The van der Waals surface area contributed by atoms with Gasteiger partial charge in [0.2, 0.25) is 11.8 Å². The zero-order chi connectivity index (χ0) is 31.9. The molecule has 0 aromatic heterocycles. The summed E-state index contributed by atoms with van der Waals surface area (Å²) in [7, 11) is -1.33. The number of hydrogen-bond donors (Lipinski definition) is 1. The largest absolute Gasteiger partial charge is 0.495 e. The molecular weight excluding hydrogens is 621 g/mol. The van der Waals surface area contributed by atoms with Crippen molar-refractivity contribution in [1.29, 1.82) is 0 Å². The Morgan fingerprint density at radius 1 is 0.886 bits per heavy atom. The number of likely N-dealkylation sites (N-methyl/N-ethyl adjacent to an activating group) is 1. The summed E-state index contributed by atoms with van der Waals surface area (Å²) < 4.78 is 34.5. The van der Waals surface area contributed by atoms with Crippen LogP contribution < -0.4 is 14.4 Å². The molecular formula is C33H33Cl2N3O5S. The molecule has 44 heavy (non-hydrogen) atoms. The molecule has 4 aromatic rings. The number of sulfonamides is 1. The van der Waals surface area contributed by atoms with Gasteiger partial charge in [-0.05, 0) is 54.4 Å². The van der Waals surface area contributed by atoms with Crippen molar-refractivity contribution in [3.63, 3.8) is 0 Å². The Labute approximate surface area is 268 Å². The number of nitrogens with one attached hydrogen (secondary N) is 1. The lowest BCUT2D eigenvalue weighted by Crippen LogP contribution is -2.53. The first-order valence-corrected chi connectivity index (χ1v) is 16.0. The number of methoxy groups -OCH3 is 1. The number of amides is 2. The zero-order valence-corrected chi connectivity index (χ0v) is 26.9. The smallest absolute Gasteiger partial charge is 0.264 e. The van der Waals surface area contributed by atoms with E-state index in [1.165, 1.54) is 49.4 Å². The number of anilines is 1. The van der Waals surface area contributed by atoms with Crippen LogP contribution in [0.25, 0.3) is 0 Å². The molecule has 0 aliphatic rings. The maximum atomic E-state index is 14.4. The molecule has 2 amide bonds. The molecule has 0 spiro atoms. The third-order valence-corrected chi connectivity index (χ3v) is 9.58. The van der Waals surface area contributed by atoms with Crippen LogP contribution in [-0.2, 0) is 32.6 Å². The number of benzene rings is 4. The Hall–Kier alpha value is -4.05. The number of carbonyl (C=O) groups excluding carboxylic acids is 2. The van der Waals surface area contributed by atoms with Gasteiger partial charge in [0, 0.05) is 25.0 Å². The summed E-state index contributed by atoms with van der Waals surface area (Å²) in [5.74, 6) is -0.677. The second kappa shape index (κ2) is 14.6. The summed E-state index contributed by atoms with van der Waals surface area (Å²) in [4.78, 5) is 29.1. The van der Waals surface area contributed by atoms with Crippen LogP contribution in [0, 0.1) is 6.92 Å². The lowest BCUT2D eigenvalue weighted by Gasteiger charge is -2.33. The molecule has 11 heteroatoms. The van der Waals surface area contributed by atoms with E-state index in [2.05, 4.69) is 5.32 Å². The van der Waals surface area contributed by atoms with Crippen LogP contribution in [0.4, 0.5) is 5.69 Å². The van der Waals surface area contributed by atoms with Crippen molar-refractivity contribution < 1.29 is 22.7 Å². The van der Waals surface area contributed by atoms with E-state index in [-0.39, 0.29) is 28.6 Å². The lowest BCUT2D eigenvalue weighted by atomic mass is 10.0. The van der Waals surface area contributed by atoms with Gasteiger partial charge in [-0.15, -0.1) is 0 Å². The predicted octanol–water partition coefficient (Wildman–Crippen LogP) is 5.89. The van der Waals surface area contributed by atoms with E-state index in [9.17, 15) is 18.0 Å². The fourth-order valence-corrected chi connectivity index (χ4v) is 6.56. The van der Waals surface area contributed by atoms with E-state index in [1.807, 2.05) is 37.3 Å². The van der Waals surface area contributed by atoms with Gasteiger partial charge in [0.15, 0.2) is 0 Å². The highest BCUT2D eigenvalue weighted by atomic mass is 35.5. The SMILES string of the molecule is CNC(=O)[C@H](Cc1ccccc1)N(Cc1ccccc1Cl)C(=O)CN(c1ccc(OC)c(Cl)c1)S(=O)(=O)c1ccc(C)cc1. The van der Waals surface area contributed by atoms with Crippen molar-refractivity contribution in [3.8, 4) is 5.75 Å². The summed E-state index contributed by atoms with van der Waals surface area (Å²) in [6.45, 7) is 1.19. The van der Waals surface area contributed by atoms with Crippen molar-refractivity contribution in [2.45, 2.75) is 30.8 Å². The third-order valence-electron chi connectivity index (χ3n) is 7.13. The first-order valence-electron chi connectivity index (χ1n) is 13.8. The third kappa shape index (κ3) is 7.72. The minimum Gasteiger partial charge on any atom is -0.495 e. The molecule has 0 heterocycles. The zero-order valence-electron chi connectivity index (χ0n) is 24.5. The van der Waals surface area contributed by atoms with Crippen molar-refractivity contribution in [1.82, 2.24) is 10.2 Å². The fourth-order valence-electron chi connectivity index (χ4n) is 4.71. The number of carbonyl (C=O) groups is 2. The van der Waals surface area contributed by atoms with Gasteiger partial charge in [0.05, 0.1) is 22.7 Å². The molecule has 4 rings (SSSR count). The van der Waals surface area contributed by atoms with E-state index < -0.39 is 34.4 Å². The maximum Gasteiger partial charge on any atom is 0.264 e. The van der Waals surface area contributed by atoms with Crippen LogP contribution in [0.1, 0.15) is 16.7 Å². The Balaban J connectivity index is 1.82. The van der Waals surface area contributed by atoms with E-state index in [1.54, 1.807) is 36.4 Å². The maximum absolute atomic E-state index is 14.4. The van der Waals surface area contributed by atoms with E-state index in [0.29, 0.717) is 16.3 Å². The summed E-state index contributed by atoms with van der Waals surface area (Å²) in [6, 6.07) is 26.1. The molecule has 0 saturated carbocycles. The fraction of sp³-hybridized carbons (Fsp3) is 0.212. The van der Waals surface area contributed by atoms with Gasteiger partial charge in [-0.1, -0.05) is 89.4 Å². The average molecular weight is 655 g/mol. The minimum atomic E-state index is -4.27. The molecule has 0 aliphatic carbocycles. The van der Waals surface area contributed by atoms with Crippen LogP contribution in [0.15, 0.2) is 102 Å². The number of nitrogens with zero attached hydrogens (tertiary/aromatic N) is 2. The normalized spacial score (nSPS) is 11.8.